The standard InChI is InChI=1S/C36H53N7O4S/c1-36(2,48)17-23-46-25-26-47-24-18-37-32(44)15-16-33(45)42-27-28-11-6-7-12-29(28)35-34(30-13-8-9-14-31(30)42)38-39-43(35)22-21-41(5)20-10-19-40(3)4/h6-9,11-14,48H,10,15-27H2,1-5H3,(H,37,44). The Hall–Kier alpha value is -3.29. The molecule has 4 rings (SSSR count). The van der Waals surface area contributed by atoms with E-state index in [1.807, 2.05) is 41.1 Å². The number of thiol groups is 1. The molecule has 1 aliphatic heterocycles. The van der Waals surface area contributed by atoms with Gasteiger partial charge in [0.2, 0.25) is 11.8 Å². The van der Waals surface area contributed by atoms with E-state index in [4.69, 9.17) is 9.47 Å². The van der Waals surface area contributed by atoms with Crippen molar-refractivity contribution in [2.45, 2.75) is 57.4 Å². The Morgan fingerprint density at radius 1 is 0.917 bits per heavy atom. The minimum absolute atomic E-state index is 0.0548. The molecule has 0 unspecified atom stereocenters. The lowest BCUT2D eigenvalue weighted by Gasteiger charge is -2.28. The lowest BCUT2D eigenvalue weighted by molar-refractivity contribution is -0.125. The zero-order valence-electron chi connectivity index (χ0n) is 29.3. The van der Waals surface area contributed by atoms with E-state index in [-0.39, 0.29) is 29.4 Å². The van der Waals surface area contributed by atoms with E-state index in [1.54, 1.807) is 4.90 Å². The van der Waals surface area contributed by atoms with Crippen LogP contribution in [0.3, 0.4) is 0 Å². The molecule has 0 aliphatic carbocycles. The molecular weight excluding hydrogens is 627 g/mol. The summed E-state index contributed by atoms with van der Waals surface area (Å²) in [6.07, 6.45) is 2.13. The van der Waals surface area contributed by atoms with Crippen LogP contribution in [0.4, 0.5) is 5.69 Å². The van der Waals surface area contributed by atoms with Gasteiger partial charge in [-0.3, -0.25) is 9.59 Å². The molecule has 48 heavy (non-hydrogen) atoms. The van der Waals surface area contributed by atoms with Crippen LogP contribution >= 0.6 is 12.6 Å². The molecule has 0 bridgehead atoms. The number of amides is 2. The third kappa shape index (κ3) is 11.4. The van der Waals surface area contributed by atoms with Crippen LogP contribution in [-0.4, -0.2) is 115 Å². The number of hydrogen-bond acceptors (Lipinski definition) is 9. The number of ether oxygens (including phenoxy) is 2. The van der Waals surface area contributed by atoms with Gasteiger partial charge in [-0.1, -0.05) is 61.5 Å². The Bertz CT molecular complexity index is 1470. The molecule has 262 valence electrons. The summed E-state index contributed by atoms with van der Waals surface area (Å²) in [5.74, 6) is -0.308. The molecule has 11 nitrogen and oxygen atoms in total. The van der Waals surface area contributed by atoms with Crippen molar-refractivity contribution in [2.24, 2.45) is 0 Å². The summed E-state index contributed by atoms with van der Waals surface area (Å²) in [5, 5.41) is 12.1. The molecular formula is C36H53N7O4S. The first-order valence-electron chi connectivity index (χ1n) is 16.9. The van der Waals surface area contributed by atoms with E-state index in [0.29, 0.717) is 46.1 Å². The molecule has 12 heteroatoms. The van der Waals surface area contributed by atoms with Crippen molar-refractivity contribution in [1.29, 1.82) is 0 Å². The second-order valence-corrected chi connectivity index (χ2v) is 14.5. The second-order valence-electron chi connectivity index (χ2n) is 13.3. The lowest BCUT2D eigenvalue weighted by atomic mass is 9.95. The van der Waals surface area contributed by atoms with Crippen LogP contribution in [0.2, 0.25) is 0 Å². The predicted molar refractivity (Wildman–Crippen MR) is 194 cm³/mol. The summed E-state index contributed by atoms with van der Waals surface area (Å²) < 4.78 is 13.1. The monoisotopic (exact) mass is 679 g/mol. The van der Waals surface area contributed by atoms with Crippen molar-refractivity contribution in [2.75, 3.05) is 78.6 Å². The number of nitrogens with one attached hydrogen (secondary N) is 1. The van der Waals surface area contributed by atoms with Crippen LogP contribution in [0.25, 0.3) is 22.5 Å². The number of carbonyl (C=O) groups excluding carboxylic acids is 2. The van der Waals surface area contributed by atoms with Gasteiger partial charge in [-0.15, -0.1) is 5.10 Å². The Balaban J connectivity index is 1.37. The van der Waals surface area contributed by atoms with Gasteiger partial charge in [-0.25, -0.2) is 4.68 Å². The normalized spacial score (nSPS) is 12.8. The van der Waals surface area contributed by atoms with Crippen LogP contribution in [0, 0.1) is 0 Å². The van der Waals surface area contributed by atoms with Crippen molar-refractivity contribution in [1.82, 2.24) is 30.1 Å². The number of nitrogens with zero attached hydrogens (tertiary/aromatic N) is 6. The molecule has 2 aromatic carbocycles. The number of carbonyl (C=O) groups is 2. The van der Waals surface area contributed by atoms with E-state index < -0.39 is 0 Å². The third-order valence-corrected chi connectivity index (χ3v) is 8.51. The average Bonchev–Trinajstić information content (AvgIpc) is 3.46. The maximum atomic E-state index is 13.8. The molecule has 1 aliphatic rings. The summed E-state index contributed by atoms with van der Waals surface area (Å²) in [7, 11) is 6.33. The highest BCUT2D eigenvalue weighted by Crippen LogP contribution is 2.41. The number of hydrogen-bond donors (Lipinski definition) is 2. The van der Waals surface area contributed by atoms with Gasteiger partial charge in [0, 0.05) is 48.4 Å². The van der Waals surface area contributed by atoms with Crippen molar-refractivity contribution >= 4 is 30.1 Å². The molecule has 0 saturated heterocycles. The SMILES string of the molecule is CN(C)CCCN(C)CCn1nnc2c1-c1ccccc1CN(C(=O)CCC(=O)NCCOCCOCCC(C)(C)S)c1ccccc1-2. The largest absolute Gasteiger partial charge is 0.379 e. The Labute approximate surface area is 291 Å². The Kier molecular flexibility index (Phi) is 14.4. The van der Waals surface area contributed by atoms with Crippen molar-refractivity contribution in [3.05, 3.63) is 54.1 Å². The van der Waals surface area contributed by atoms with E-state index in [2.05, 4.69) is 85.2 Å². The Morgan fingerprint density at radius 2 is 1.62 bits per heavy atom. The minimum atomic E-state index is -0.183. The number of fused-ring (bicyclic) bond motifs is 5. The summed E-state index contributed by atoms with van der Waals surface area (Å²) in [4.78, 5) is 32.7. The molecule has 0 fully saturated rings. The quantitative estimate of drug-likeness (QED) is 0.142. The van der Waals surface area contributed by atoms with Crippen LogP contribution in [0.1, 0.15) is 45.1 Å². The molecule has 1 N–H and O–H groups in total. The summed E-state index contributed by atoms with van der Waals surface area (Å²) in [5.41, 5.74) is 5.33. The first-order valence-corrected chi connectivity index (χ1v) is 17.4. The first kappa shape index (κ1) is 37.5. The van der Waals surface area contributed by atoms with Gasteiger partial charge in [0.25, 0.3) is 0 Å². The van der Waals surface area contributed by atoms with Crippen molar-refractivity contribution in [3.8, 4) is 22.5 Å². The molecule has 0 atom stereocenters. The van der Waals surface area contributed by atoms with Crippen LogP contribution in [-0.2, 0) is 32.2 Å². The number of benzene rings is 2. The van der Waals surface area contributed by atoms with Gasteiger partial charge in [0.15, 0.2) is 0 Å². The number of rotatable bonds is 19. The number of aromatic nitrogens is 3. The fourth-order valence-electron chi connectivity index (χ4n) is 5.58. The average molecular weight is 680 g/mol. The van der Waals surface area contributed by atoms with Gasteiger partial charge < -0.3 is 29.5 Å². The number of para-hydroxylation sites is 1. The zero-order chi connectivity index (χ0) is 34.5. The molecule has 0 spiro atoms. The molecule has 0 radical (unpaired) electrons. The summed E-state index contributed by atoms with van der Waals surface area (Å²) in [6.45, 7) is 10.4. The van der Waals surface area contributed by atoms with Crippen molar-refractivity contribution < 1.29 is 19.1 Å². The minimum Gasteiger partial charge on any atom is -0.379 e. The topological polar surface area (TPSA) is 105 Å². The van der Waals surface area contributed by atoms with Crippen LogP contribution in [0.5, 0.6) is 0 Å². The first-order chi connectivity index (χ1) is 23.0. The van der Waals surface area contributed by atoms with Gasteiger partial charge in [-0.2, -0.15) is 12.6 Å². The maximum absolute atomic E-state index is 13.8. The van der Waals surface area contributed by atoms with Crippen molar-refractivity contribution in [3.63, 3.8) is 0 Å². The molecule has 1 aromatic heterocycles. The highest BCUT2D eigenvalue weighted by Gasteiger charge is 2.29. The smallest absolute Gasteiger partial charge is 0.227 e. The number of anilines is 1. The van der Waals surface area contributed by atoms with Gasteiger partial charge in [0.1, 0.15) is 5.69 Å². The zero-order valence-corrected chi connectivity index (χ0v) is 30.2. The van der Waals surface area contributed by atoms with Gasteiger partial charge >= 0.3 is 0 Å². The lowest BCUT2D eigenvalue weighted by Crippen LogP contribution is -2.34. The number of likely N-dealkylation sites (N-methyl/N-ethyl adjacent to an activating group) is 1. The predicted octanol–water partition coefficient (Wildman–Crippen LogP) is 4.37. The third-order valence-electron chi connectivity index (χ3n) is 8.29. The second kappa shape index (κ2) is 18.5. The van der Waals surface area contributed by atoms with E-state index in [1.165, 1.54) is 0 Å². The fraction of sp³-hybridized carbons (Fsp3) is 0.556. The highest BCUT2D eigenvalue weighted by molar-refractivity contribution is 7.81. The Morgan fingerprint density at radius 3 is 2.38 bits per heavy atom. The van der Waals surface area contributed by atoms with Gasteiger partial charge in [0.05, 0.1) is 44.3 Å². The van der Waals surface area contributed by atoms with E-state index >= 15 is 0 Å². The molecule has 2 heterocycles. The molecule has 2 amide bonds. The fourth-order valence-corrected chi connectivity index (χ4v) is 5.67. The van der Waals surface area contributed by atoms with E-state index in [9.17, 15) is 9.59 Å². The van der Waals surface area contributed by atoms with Crippen LogP contribution < -0.4 is 10.2 Å². The highest BCUT2D eigenvalue weighted by atomic mass is 32.1. The summed E-state index contributed by atoms with van der Waals surface area (Å²) in [6, 6.07) is 16.0. The summed E-state index contributed by atoms with van der Waals surface area (Å²) >= 11 is 4.49. The van der Waals surface area contributed by atoms with Crippen LogP contribution in [0.15, 0.2) is 48.5 Å². The van der Waals surface area contributed by atoms with Gasteiger partial charge in [-0.05, 0) is 58.7 Å². The molecule has 0 saturated carbocycles. The maximum Gasteiger partial charge on any atom is 0.227 e. The van der Waals surface area contributed by atoms with E-state index in [0.717, 1.165) is 66.2 Å². The molecule has 3 aromatic rings.